The molecule has 1 unspecified atom stereocenters. The molecule has 3 aromatic carbocycles. The summed E-state index contributed by atoms with van der Waals surface area (Å²) in [5, 5.41) is 20.0. The van der Waals surface area contributed by atoms with Crippen molar-refractivity contribution >= 4 is 17.5 Å². The third-order valence-corrected chi connectivity index (χ3v) is 6.10. The summed E-state index contributed by atoms with van der Waals surface area (Å²) in [6.07, 6.45) is -0.0356. The Hall–Kier alpha value is -3.42. The Morgan fingerprint density at radius 3 is 2.30 bits per heavy atom. The van der Waals surface area contributed by atoms with E-state index in [1.807, 2.05) is 53.1 Å². The van der Waals surface area contributed by atoms with Gasteiger partial charge in [-0.05, 0) is 48.9 Å². The highest BCUT2D eigenvalue weighted by molar-refractivity contribution is 7.99. The van der Waals surface area contributed by atoms with Crippen LogP contribution < -0.4 is 4.74 Å². The molecule has 6 nitrogen and oxygen atoms in total. The van der Waals surface area contributed by atoms with Gasteiger partial charge in [0.05, 0.1) is 6.10 Å². The molecule has 168 valence electrons. The predicted octanol–water partition coefficient (Wildman–Crippen LogP) is 4.59. The first-order valence-corrected chi connectivity index (χ1v) is 11.7. The number of thioether (sulfide) groups is 1. The van der Waals surface area contributed by atoms with E-state index in [2.05, 4.69) is 22.3 Å². The zero-order valence-electron chi connectivity index (χ0n) is 18.3. The first kappa shape index (κ1) is 22.8. The number of aromatic nitrogens is 3. The third kappa shape index (κ3) is 6.09. The lowest BCUT2D eigenvalue weighted by molar-refractivity contribution is 0.101. The number of Topliss-reactive ketones (excluding diaryl/α,β-unsaturated/α-hetero) is 1. The van der Waals surface area contributed by atoms with Gasteiger partial charge in [0.15, 0.2) is 10.9 Å². The first-order chi connectivity index (χ1) is 16.1. The summed E-state index contributed by atoms with van der Waals surface area (Å²) < 4.78 is 7.71. The maximum Gasteiger partial charge on any atom is 0.195 e. The van der Waals surface area contributed by atoms with Crippen LogP contribution in [-0.2, 0) is 6.42 Å². The van der Waals surface area contributed by atoms with Crippen LogP contribution in [0, 0.1) is 0 Å². The van der Waals surface area contributed by atoms with Gasteiger partial charge in [0.25, 0.3) is 0 Å². The summed E-state index contributed by atoms with van der Waals surface area (Å²) in [7, 11) is 0. The second kappa shape index (κ2) is 10.9. The van der Waals surface area contributed by atoms with Crippen LogP contribution in [-0.4, -0.2) is 44.1 Å². The Labute approximate surface area is 197 Å². The fourth-order valence-electron chi connectivity index (χ4n) is 3.32. The number of para-hydroxylation sites is 1. The Morgan fingerprint density at radius 1 is 0.970 bits per heavy atom. The van der Waals surface area contributed by atoms with Gasteiger partial charge in [-0.15, -0.1) is 10.2 Å². The Morgan fingerprint density at radius 2 is 1.64 bits per heavy atom. The second-order valence-corrected chi connectivity index (χ2v) is 8.58. The van der Waals surface area contributed by atoms with Gasteiger partial charge in [0.2, 0.25) is 0 Å². The summed E-state index contributed by atoms with van der Waals surface area (Å²) >= 11 is 1.44. The molecule has 4 rings (SSSR count). The topological polar surface area (TPSA) is 77.2 Å². The van der Waals surface area contributed by atoms with Crippen molar-refractivity contribution < 1.29 is 14.6 Å². The van der Waals surface area contributed by atoms with Gasteiger partial charge >= 0.3 is 0 Å². The SMILES string of the molecule is CC(=O)c1ccc(OCC(O)CSc2nnc(Cc3ccccc3)n2-c2ccccc2)cc1. The highest BCUT2D eigenvalue weighted by Crippen LogP contribution is 2.24. The standard InChI is InChI=1S/C26H25N3O3S/c1-19(30)21-12-14-24(15-13-21)32-17-23(31)18-33-26-28-27-25(16-20-8-4-2-5-9-20)29(26)22-10-6-3-7-11-22/h2-15,23,31H,16-18H2,1H3. The second-order valence-electron chi connectivity index (χ2n) is 7.59. The van der Waals surface area contributed by atoms with Crippen molar-refractivity contribution in [2.75, 3.05) is 12.4 Å². The summed E-state index contributed by atoms with van der Waals surface area (Å²) in [4.78, 5) is 11.4. The summed E-state index contributed by atoms with van der Waals surface area (Å²) in [5.74, 6) is 1.86. The highest BCUT2D eigenvalue weighted by atomic mass is 32.2. The largest absolute Gasteiger partial charge is 0.491 e. The molecule has 0 fully saturated rings. The number of hydrogen-bond acceptors (Lipinski definition) is 6. The average Bonchev–Trinajstić information content (AvgIpc) is 3.25. The van der Waals surface area contributed by atoms with Gasteiger partial charge in [-0.1, -0.05) is 60.3 Å². The number of aliphatic hydroxyl groups excluding tert-OH is 1. The lowest BCUT2D eigenvalue weighted by Gasteiger charge is -2.13. The third-order valence-electron chi connectivity index (χ3n) is 5.03. The van der Waals surface area contributed by atoms with Crippen molar-refractivity contribution in [2.45, 2.75) is 24.6 Å². The number of rotatable bonds is 10. The molecule has 0 amide bonds. The van der Waals surface area contributed by atoms with Crippen molar-refractivity contribution in [3.05, 3.63) is 102 Å². The Kier molecular flexibility index (Phi) is 7.55. The van der Waals surface area contributed by atoms with Crippen LogP contribution in [0.2, 0.25) is 0 Å². The van der Waals surface area contributed by atoms with Crippen molar-refractivity contribution in [3.8, 4) is 11.4 Å². The molecule has 1 N–H and O–H groups in total. The highest BCUT2D eigenvalue weighted by Gasteiger charge is 2.17. The zero-order valence-corrected chi connectivity index (χ0v) is 19.1. The van der Waals surface area contributed by atoms with Gasteiger partial charge in [0, 0.05) is 23.4 Å². The van der Waals surface area contributed by atoms with Crippen molar-refractivity contribution in [1.82, 2.24) is 14.8 Å². The summed E-state index contributed by atoms with van der Waals surface area (Å²) in [5.41, 5.74) is 2.76. The van der Waals surface area contributed by atoms with Crippen molar-refractivity contribution in [1.29, 1.82) is 0 Å². The monoisotopic (exact) mass is 459 g/mol. The molecule has 0 saturated heterocycles. The fourth-order valence-corrected chi connectivity index (χ4v) is 4.20. The number of ether oxygens (including phenoxy) is 1. The normalized spacial score (nSPS) is 11.8. The zero-order chi connectivity index (χ0) is 23.0. The van der Waals surface area contributed by atoms with Crippen LogP contribution in [0.5, 0.6) is 5.75 Å². The molecule has 4 aromatic rings. The van der Waals surface area contributed by atoms with Crippen LogP contribution in [0.3, 0.4) is 0 Å². The van der Waals surface area contributed by atoms with Crippen LogP contribution in [0.1, 0.15) is 28.7 Å². The summed E-state index contributed by atoms with van der Waals surface area (Å²) in [6, 6.07) is 27.0. The predicted molar refractivity (Wildman–Crippen MR) is 129 cm³/mol. The molecular weight excluding hydrogens is 434 g/mol. The van der Waals surface area contributed by atoms with Gasteiger partial charge in [0.1, 0.15) is 18.2 Å². The van der Waals surface area contributed by atoms with Crippen LogP contribution in [0.25, 0.3) is 5.69 Å². The Bertz CT molecular complexity index is 1180. The molecule has 0 saturated carbocycles. The molecule has 1 aromatic heterocycles. The summed E-state index contributed by atoms with van der Waals surface area (Å²) in [6.45, 7) is 1.67. The Balaban J connectivity index is 1.42. The van der Waals surface area contributed by atoms with Crippen LogP contribution in [0.4, 0.5) is 0 Å². The van der Waals surface area contributed by atoms with Gasteiger partial charge in [-0.2, -0.15) is 0 Å². The maximum atomic E-state index is 11.4. The van der Waals surface area contributed by atoms with E-state index in [4.69, 9.17) is 4.74 Å². The smallest absolute Gasteiger partial charge is 0.195 e. The van der Waals surface area contributed by atoms with E-state index in [0.29, 0.717) is 23.5 Å². The minimum atomic E-state index is -0.694. The molecule has 0 radical (unpaired) electrons. The molecule has 7 heteroatoms. The van der Waals surface area contributed by atoms with E-state index >= 15 is 0 Å². The number of carbonyl (C=O) groups excluding carboxylic acids is 1. The van der Waals surface area contributed by atoms with Gasteiger partial charge in [-0.25, -0.2) is 0 Å². The maximum absolute atomic E-state index is 11.4. The van der Waals surface area contributed by atoms with Gasteiger partial charge in [-0.3, -0.25) is 9.36 Å². The lowest BCUT2D eigenvalue weighted by atomic mass is 10.1. The number of carbonyl (C=O) groups is 1. The molecule has 1 atom stereocenters. The molecule has 1 heterocycles. The van der Waals surface area contributed by atoms with E-state index in [9.17, 15) is 9.90 Å². The number of ketones is 1. The molecule has 0 aliphatic heterocycles. The number of nitrogens with zero attached hydrogens (tertiary/aromatic N) is 3. The van der Waals surface area contributed by atoms with E-state index in [0.717, 1.165) is 22.2 Å². The van der Waals surface area contributed by atoms with E-state index in [1.165, 1.54) is 18.7 Å². The first-order valence-electron chi connectivity index (χ1n) is 10.7. The van der Waals surface area contributed by atoms with Crippen LogP contribution in [0.15, 0.2) is 90.1 Å². The van der Waals surface area contributed by atoms with Crippen molar-refractivity contribution in [3.63, 3.8) is 0 Å². The van der Waals surface area contributed by atoms with E-state index in [-0.39, 0.29) is 12.4 Å². The van der Waals surface area contributed by atoms with Crippen molar-refractivity contribution in [2.24, 2.45) is 0 Å². The molecule has 0 aliphatic carbocycles. The molecular formula is C26H25N3O3S. The van der Waals surface area contributed by atoms with E-state index in [1.54, 1.807) is 24.3 Å². The lowest BCUT2D eigenvalue weighted by Crippen LogP contribution is -2.20. The minimum absolute atomic E-state index is 0.00662. The molecule has 0 aliphatic rings. The molecule has 33 heavy (non-hydrogen) atoms. The number of aliphatic hydroxyl groups is 1. The minimum Gasteiger partial charge on any atom is -0.491 e. The fraction of sp³-hybridized carbons (Fsp3) is 0.192. The quantitative estimate of drug-likeness (QED) is 0.276. The van der Waals surface area contributed by atoms with Crippen LogP contribution >= 0.6 is 11.8 Å². The average molecular weight is 460 g/mol. The number of hydrogen-bond donors (Lipinski definition) is 1. The van der Waals surface area contributed by atoms with Gasteiger partial charge < -0.3 is 9.84 Å². The molecule has 0 bridgehead atoms. The van der Waals surface area contributed by atoms with E-state index < -0.39 is 6.10 Å². The molecule has 0 spiro atoms. The number of benzene rings is 3.